The third-order valence-electron chi connectivity index (χ3n) is 3.52. The number of sulfonamides is 1. The average Bonchev–Trinajstić information content (AvgIpc) is 2.85. The van der Waals surface area contributed by atoms with E-state index in [1.54, 1.807) is 19.2 Å². The van der Waals surface area contributed by atoms with E-state index in [2.05, 4.69) is 4.90 Å². The predicted octanol–water partition coefficient (Wildman–Crippen LogP) is 0.958. The predicted molar refractivity (Wildman–Crippen MR) is 76.6 cm³/mol. The zero-order chi connectivity index (χ0) is 14.8. The van der Waals surface area contributed by atoms with Gasteiger partial charge >= 0.3 is 0 Å². The number of hydrogen-bond acceptors (Lipinski definition) is 5. The second-order valence-corrected chi connectivity index (χ2v) is 6.35. The summed E-state index contributed by atoms with van der Waals surface area (Å²) in [5, 5.41) is 5.24. The number of methoxy groups -OCH3 is 2. The van der Waals surface area contributed by atoms with Crippen LogP contribution in [0.15, 0.2) is 23.1 Å². The first kappa shape index (κ1) is 15.1. The first-order valence-electron chi connectivity index (χ1n) is 6.44. The van der Waals surface area contributed by atoms with Crippen LogP contribution in [-0.2, 0) is 14.8 Å². The molecule has 0 bridgehead atoms. The molecular weight excluding hydrogens is 280 g/mol. The molecule has 1 aromatic carbocycles. The Labute approximate surface area is 119 Å². The summed E-state index contributed by atoms with van der Waals surface area (Å²) in [6.45, 7) is 1.50. The van der Waals surface area contributed by atoms with Crippen LogP contribution in [0.4, 0.5) is 5.69 Å². The third-order valence-corrected chi connectivity index (χ3v) is 4.45. The minimum absolute atomic E-state index is 0.0144. The second-order valence-electron chi connectivity index (χ2n) is 4.82. The van der Waals surface area contributed by atoms with Crippen LogP contribution in [0.25, 0.3) is 0 Å². The summed E-state index contributed by atoms with van der Waals surface area (Å²) in [7, 11) is -0.719. The number of anilines is 1. The maximum Gasteiger partial charge on any atom is 0.241 e. The fraction of sp³-hybridized carbons (Fsp3) is 0.538. The second kappa shape index (κ2) is 5.99. The number of ether oxygens (including phenoxy) is 2. The molecule has 1 saturated heterocycles. The highest BCUT2D eigenvalue weighted by molar-refractivity contribution is 7.89. The normalized spacial score (nSPS) is 19.4. The van der Waals surface area contributed by atoms with Gasteiger partial charge in [-0.2, -0.15) is 0 Å². The largest absolute Gasteiger partial charge is 0.495 e. The molecule has 1 heterocycles. The SMILES string of the molecule is COCC1CCCN1c1ccc(OC)c(S(N)(=O)=O)c1. The number of hydrogen-bond donors (Lipinski definition) is 1. The van der Waals surface area contributed by atoms with Gasteiger partial charge in [0, 0.05) is 19.3 Å². The summed E-state index contributed by atoms with van der Waals surface area (Å²) >= 11 is 0. The number of primary sulfonamides is 1. The van der Waals surface area contributed by atoms with E-state index < -0.39 is 10.0 Å². The van der Waals surface area contributed by atoms with Crippen molar-refractivity contribution in [3.05, 3.63) is 18.2 Å². The molecule has 0 spiro atoms. The highest BCUT2D eigenvalue weighted by Gasteiger charge is 2.26. The zero-order valence-electron chi connectivity index (χ0n) is 11.7. The van der Waals surface area contributed by atoms with Crippen molar-refractivity contribution in [2.24, 2.45) is 5.14 Å². The Balaban J connectivity index is 2.38. The van der Waals surface area contributed by atoms with Gasteiger partial charge in [-0.3, -0.25) is 0 Å². The van der Waals surface area contributed by atoms with E-state index in [9.17, 15) is 8.42 Å². The summed E-state index contributed by atoms with van der Waals surface area (Å²) in [4.78, 5) is 2.16. The lowest BCUT2D eigenvalue weighted by molar-refractivity contribution is 0.181. The highest BCUT2D eigenvalue weighted by Crippen LogP contribution is 2.32. The molecule has 1 fully saturated rings. The van der Waals surface area contributed by atoms with Gasteiger partial charge in [0.25, 0.3) is 0 Å². The molecular formula is C13H20N2O4S. The highest BCUT2D eigenvalue weighted by atomic mass is 32.2. The summed E-state index contributed by atoms with van der Waals surface area (Å²) < 4.78 is 33.6. The van der Waals surface area contributed by atoms with Crippen molar-refractivity contribution in [3.63, 3.8) is 0 Å². The summed E-state index contributed by atoms with van der Waals surface area (Å²) in [5.74, 6) is 0.263. The minimum Gasteiger partial charge on any atom is -0.495 e. The Morgan fingerprint density at radius 2 is 2.15 bits per heavy atom. The minimum atomic E-state index is -3.81. The Morgan fingerprint density at radius 3 is 2.75 bits per heavy atom. The van der Waals surface area contributed by atoms with Crippen molar-refractivity contribution < 1.29 is 17.9 Å². The Kier molecular flexibility index (Phi) is 4.52. The molecule has 112 valence electrons. The van der Waals surface area contributed by atoms with E-state index in [4.69, 9.17) is 14.6 Å². The molecule has 7 heteroatoms. The molecule has 0 radical (unpaired) electrons. The Bertz CT molecular complexity index is 574. The van der Waals surface area contributed by atoms with Gasteiger partial charge in [-0.15, -0.1) is 0 Å². The Hall–Kier alpha value is -1.31. The van der Waals surface area contributed by atoms with Crippen molar-refractivity contribution in [2.75, 3.05) is 32.3 Å². The fourth-order valence-corrected chi connectivity index (χ4v) is 3.32. The molecule has 0 aromatic heterocycles. The third kappa shape index (κ3) is 3.05. The van der Waals surface area contributed by atoms with Crippen LogP contribution < -0.4 is 14.8 Å². The van der Waals surface area contributed by atoms with E-state index in [0.29, 0.717) is 6.61 Å². The first-order chi connectivity index (χ1) is 9.47. The van der Waals surface area contributed by atoms with Crippen LogP contribution in [0.1, 0.15) is 12.8 Å². The molecule has 1 aliphatic heterocycles. The number of nitrogens with two attached hydrogens (primary N) is 1. The van der Waals surface area contributed by atoms with Crippen molar-refractivity contribution in [1.82, 2.24) is 0 Å². The van der Waals surface area contributed by atoms with Crippen LogP contribution >= 0.6 is 0 Å². The summed E-state index contributed by atoms with van der Waals surface area (Å²) in [5.41, 5.74) is 0.828. The smallest absolute Gasteiger partial charge is 0.241 e. The molecule has 2 rings (SSSR count). The van der Waals surface area contributed by atoms with E-state index in [1.165, 1.54) is 7.11 Å². The maximum atomic E-state index is 11.6. The van der Waals surface area contributed by atoms with Crippen LogP contribution in [0.2, 0.25) is 0 Å². The van der Waals surface area contributed by atoms with Crippen molar-refractivity contribution in [1.29, 1.82) is 0 Å². The van der Waals surface area contributed by atoms with Crippen LogP contribution in [-0.4, -0.2) is 41.8 Å². The molecule has 0 aliphatic carbocycles. The maximum absolute atomic E-state index is 11.6. The van der Waals surface area contributed by atoms with E-state index in [-0.39, 0.29) is 16.7 Å². The summed E-state index contributed by atoms with van der Waals surface area (Å²) in [6, 6.07) is 5.32. The van der Waals surface area contributed by atoms with Crippen molar-refractivity contribution in [3.8, 4) is 5.75 Å². The molecule has 0 amide bonds. The molecule has 1 aromatic rings. The molecule has 1 atom stereocenters. The van der Waals surface area contributed by atoms with Gasteiger partial charge in [-0.1, -0.05) is 0 Å². The number of benzene rings is 1. The quantitative estimate of drug-likeness (QED) is 0.876. The van der Waals surface area contributed by atoms with Crippen molar-refractivity contribution in [2.45, 2.75) is 23.8 Å². The standard InChI is InChI=1S/C13H20N2O4S/c1-18-9-11-4-3-7-15(11)10-5-6-12(19-2)13(8-10)20(14,16)17/h5-6,8,11H,3-4,7,9H2,1-2H3,(H2,14,16,17). The van der Waals surface area contributed by atoms with Gasteiger partial charge in [0.05, 0.1) is 19.8 Å². The van der Waals surface area contributed by atoms with E-state index in [0.717, 1.165) is 25.1 Å². The topological polar surface area (TPSA) is 81.9 Å². The molecule has 0 saturated carbocycles. The lowest BCUT2D eigenvalue weighted by Crippen LogP contribution is -2.32. The van der Waals surface area contributed by atoms with Gasteiger partial charge in [0.2, 0.25) is 10.0 Å². The van der Waals surface area contributed by atoms with Crippen LogP contribution in [0, 0.1) is 0 Å². The van der Waals surface area contributed by atoms with Gasteiger partial charge in [0.1, 0.15) is 10.6 Å². The van der Waals surface area contributed by atoms with Gasteiger partial charge in [-0.05, 0) is 31.0 Å². The first-order valence-corrected chi connectivity index (χ1v) is 7.98. The monoisotopic (exact) mass is 300 g/mol. The molecule has 20 heavy (non-hydrogen) atoms. The molecule has 2 N–H and O–H groups in total. The van der Waals surface area contributed by atoms with E-state index >= 15 is 0 Å². The van der Waals surface area contributed by atoms with Crippen LogP contribution in [0.3, 0.4) is 0 Å². The van der Waals surface area contributed by atoms with Gasteiger partial charge in [-0.25, -0.2) is 13.6 Å². The number of nitrogens with zero attached hydrogens (tertiary/aromatic N) is 1. The fourth-order valence-electron chi connectivity index (χ4n) is 2.61. The molecule has 1 aliphatic rings. The lowest BCUT2D eigenvalue weighted by atomic mass is 10.2. The lowest BCUT2D eigenvalue weighted by Gasteiger charge is -2.27. The van der Waals surface area contributed by atoms with E-state index in [1.807, 2.05) is 6.07 Å². The summed E-state index contributed by atoms with van der Waals surface area (Å²) in [6.07, 6.45) is 2.09. The zero-order valence-corrected chi connectivity index (χ0v) is 12.5. The van der Waals surface area contributed by atoms with Crippen LogP contribution in [0.5, 0.6) is 5.75 Å². The van der Waals surface area contributed by atoms with Gasteiger partial charge < -0.3 is 14.4 Å². The molecule has 1 unspecified atom stereocenters. The van der Waals surface area contributed by atoms with Crippen molar-refractivity contribution >= 4 is 15.7 Å². The molecule has 6 nitrogen and oxygen atoms in total. The van der Waals surface area contributed by atoms with Gasteiger partial charge in [0.15, 0.2) is 0 Å². The Morgan fingerprint density at radius 1 is 1.40 bits per heavy atom. The average molecular weight is 300 g/mol. The number of rotatable bonds is 5.